The summed E-state index contributed by atoms with van der Waals surface area (Å²) in [4.78, 5) is 28.3. The molecule has 0 atom stereocenters. The first-order valence-electron chi connectivity index (χ1n) is 10.1. The number of allylic oxidation sites excluding steroid dienone is 1. The second kappa shape index (κ2) is 7.70. The molecule has 2 heterocycles. The largest absolute Gasteiger partial charge is 0.350 e. The summed E-state index contributed by atoms with van der Waals surface area (Å²) in [7, 11) is 0. The molecule has 0 saturated heterocycles. The van der Waals surface area contributed by atoms with Crippen LogP contribution in [0.1, 0.15) is 67.5 Å². The smallest absolute Gasteiger partial charge is 0.258 e. The lowest BCUT2D eigenvalue weighted by molar-refractivity contribution is -0.116. The van der Waals surface area contributed by atoms with E-state index in [4.69, 9.17) is 0 Å². The van der Waals surface area contributed by atoms with E-state index < -0.39 is 5.41 Å². The topological polar surface area (TPSA) is 78.1 Å². The van der Waals surface area contributed by atoms with E-state index in [1.807, 2.05) is 34.6 Å². The number of carbonyl (C=O) groups is 2. The van der Waals surface area contributed by atoms with Crippen LogP contribution in [0.3, 0.4) is 0 Å². The predicted molar refractivity (Wildman–Crippen MR) is 114 cm³/mol. The second-order valence-corrected chi connectivity index (χ2v) is 8.90. The molecule has 1 aromatic heterocycles. The van der Waals surface area contributed by atoms with Crippen LogP contribution >= 0.6 is 0 Å². The molecule has 160 valence electrons. The maximum absolute atomic E-state index is 13.7. The van der Waals surface area contributed by atoms with Gasteiger partial charge in [-0.15, -0.1) is 0 Å². The van der Waals surface area contributed by atoms with Crippen molar-refractivity contribution in [3.63, 3.8) is 0 Å². The molecule has 0 bridgehead atoms. The lowest BCUT2D eigenvalue weighted by atomic mass is 9.85. The summed E-state index contributed by atoms with van der Waals surface area (Å²) in [5.74, 6) is -0.882. The fraction of sp³-hybridized carbons (Fsp3) is 0.435. The number of nitrogens with one attached hydrogen (secondary N) is 2. The Kier molecular flexibility index (Phi) is 5.58. The van der Waals surface area contributed by atoms with Crippen molar-refractivity contribution in [3.05, 3.63) is 57.8 Å². The van der Waals surface area contributed by atoms with Crippen molar-refractivity contribution in [1.29, 1.82) is 0 Å². The Morgan fingerprint density at radius 2 is 1.90 bits per heavy atom. The van der Waals surface area contributed by atoms with Crippen molar-refractivity contribution in [2.75, 3.05) is 6.54 Å². The van der Waals surface area contributed by atoms with Crippen LogP contribution in [0.2, 0.25) is 0 Å². The number of rotatable bonds is 3. The zero-order valence-electron chi connectivity index (χ0n) is 18.6. The summed E-state index contributed by atoms with van der Waals surface area (Å²) >= 11 is 0. The van der Waals surface area contributed by atoms with Gasteiger partial charge < -0.3 is 10.2 Å². The van der Waals surface area contributed by atoms with Crippen molar-refractivity contribution in [1.82, 2.24) is 20.4 Å². The summed E-state index contributed by atoms with van der Waals surface area (Å²) in [6.07, 6.45) is 0. The van der Waals surface area contributed by atoms with Crippen LogP contribution in [0, 0.1) is 19.7 Å². The second-order valence-electron chi connectivity index (χ2n) is 8.90. The van der Waals surface area contributed by atoms with Crippen LogP contribution in [0.25, 0.3) is 5.57 Å². The Hall–Kier alpha value is -2.96. The van der Waals surface area contributed by atoms with Crippen molar-refractivity contribution < 1.29 is 14.0 Å². The highest BCUT2D eigenvalue weighted by molar-refractivity contribution is 6.22. The number of benzene rings is 1. The summed E-state index contributed by atoms with van der Waals surface area (Å²) in [6.45, 7) is 13.4. The number of fused-ring (bicyclic) bond motifs is 1. The van der Waals surface area contributed by atoms with Crippen LogP contribution in [-0.4, -0.2) is 39.5 Å². The average Bonchev–Trinajstić information content (AvgIpc) is 2.99. The first kappa shape index (κ1) is 21.7. The van der Waals surface area contributed by atoms with Gasteiger partial charge in [0.15, 0.2) is 0 Å². The minimum Gasteiger partial charge on any atom is -0.350 e. The summed E-state index contributed by atoms with van der Waals surface area (Å²) in [5.41, 5.74) is 3.52. The molecule has 7 heteroatoms. The van der Waals surface area contributed by atoms with Gasteiger partial charge >= 0.3 is 0 Å². The maximum atomic E-state index is 13.7. The molecule has 1 aromatic carbocycles. The molecule has 6 nitrogen and oxygen atoms in total. The lowest BCUT2D eigenvalue weighted by Gasteiger charge is -2.30. The molecule has 2 aromatic rings. The van der Waals surface area contributed by atoms with E-state index in [0.29, 0.717) is 28.9 Å². The fourth-order valence-corrected chi connectivity index (χ4v) is 3.90. The molecule has 1 aliphatic rings. The Morgan fingerprint density at radius 1 is 1.23 bits per heavy atom. The van der Waals surface area contributed by atoms with E-state index in [9.17, 15) is 14.0 Å². The number of aromatic nitrogens is 2. The highest BCUT2D eigenvalue weighted by atomic mass is 19.1. The Labute approximate surface area is 176 Å². The van der Waals surface area contributed by atoms with E-state index in [0.717, 1.165) is 17.0 Å². The molecule has 0 saturated carbocycles. The van der Waals surface area contributed by atoms with Gasteiger partial charge in [-0.05, 0) is 58.4 Å². The number of H-pyrrole nitrogens is 1. The van der Waals surface area contributed by atoms with Gasteiger partial charge in [-0.3, -0.25) is 14.7 Å². The highest BCUT2D eigenvalue weighted by Gasteiger charge is 2.40. The SMILES string of the molecule is CC1=C(C(=O)NC(C)C)c2c(n[nH]c2C)C(C)(C)CN1C(=O)c1ccc(F)c(C)c1. The van der Waals surface area contributed by atoms with Crippen LogP contribution in [0.15, 0.2) is 23.9 Å². The monoisotopic (exact) mass is 412 g/mol. The number of nitrogens with zero attached hydrogens (tertiary/aromatic N) is 2. The van der Waals surface area contributed by atoms with Crippen LogP contribution in [-0.2, 0) is 10.2 Å². The molecule has 2 N–H and O–H groups in total. The molecular formula is C23H29FN4O2. The van der Waals surface area contributed by atoms with Gasteiger partial charge in [0, 0.05) is 40.5 Å². The van der Waals surface area contributed by atoms with Gasteiger partial charge in [-0.25, -0.2) is 4.39 Å². The Bertz CT molecular complexity index is 1050. The predicted octanol–water partition coefficient (Wildman–Crippen LogP) is 3.85. The van der Waals surface area contributed by atoms with Crippen LogP contribution in [0.5, 0.6) is 0 Å². The molecule has 30 heavy (non-hydrogen) atoms. The maximum Gasteiger partial charge on any atom is 0.258 e. The van der Waals surface area contributed by atoms with Gasteiger partial charge in [0.25, 0.3) is 11.8 Å². The van der Waals surface area contributed by atoms with Crippen molar-refractivity contribution in [2.24, 2.45) is 0 Å². The zero-order chi connectivity index (χ0) is 22.4. The van der Waals surface area contributed by atoms with Crippen molar-refractivity contribution in [2.45, 2.75) is 59.9 Å². The van der Waals surface area contributed by atoms with E-state index in [2.05, 4.69) is 15.5 Å². The number of aryl methyl sites for hydroxylation is 2. The molecule has 3 rings (SSSR count). The molecule has 0 radical (unpaired) electrons. The third-order valence-electron chi connectivity index (χ3n) is 5.46. The number of amides is 2. The summed E-state index contributed by atoms with van der Waals surface area (Å²) < 4.78 is 13.7. The minimum atomic E-state index is -0.508. The Morgan fingerprint density at radius 3 is 2.50 bits per heavy atom. The quantitative estimate of drug-likeness (QED) is 0.804. The molecule has 0 unspecified atom stereocenters. The van der Waals surface area contributed by atoms with E-state index in [1.54, 1.807) is 24.8 Å². The van der Waals surface area contributed by atoms with Crippen LogP contribution < -0.4 is 5.32 Å². The molecule has 2 amide bonds. The molecule has 0 aliphatic carbocycles. The van der Waals surface area contributed by atoms with Gasteiger partial charge in [-0.2, -0.15) is 5.10 Å². The van der Waals surface area contributed by atoms with Crippen molar-refractivity contribution >= 4 is 17.4 Å². The van der Waals surface area contributed by atoms with E-state index >= 15 is 0 Å². The fourth-order valence-electron chi connectivity index (χ4n) is 3.90. The normalized spacial score (nSPS) is 15.8. The minimum absolute atomic E-state index is 0.0615. The Balaban J connectivity index is 2.20. The standard InChI is InChI=1S/C23H29FN4O2/c1-12(2)25-21(29)19-15(5)28(22(30)16-8-9-17(24)13(3)10-16)11-23(6,7)20-18(19)14(4)26-27-20/h8-10,12H,11H2,1-7H3,(H,25,29)(H,26,27). The van der Waals surface area contributed by atoms with Gasteiger partial charge in [0.1, 0.15) is 5.82 Å². The average molecular weight is 413 g/mol. The first-order valence-corrected chi connectivity index (χ1v) is 10.1. The van der Waals surface area contributed by atoms with E-state index in [-0.39, 0.29) is 23.7 Å². The molecule has 0 spiro atoms. The molecular weight excluding hydrogens is 383 g/mol. The lowest BCUT2D eigenvalue weighted by Crippen LogP contribution is -2.39. The number of aromatic amines is 1. The van der Waals surface area contributed by atoms with Gasteiger partial charge in [0.2, 0.25) is 0 Å². The molecule has 1 aliphatic heterocycles. The third-order valence-corrected chi connectivity index (χ3v) is 5.46. The summed E-state index contributed by atoms with van der Waals surface area (Å²) in [5, 5.41) is 10.4. The number of carbonyl (C=O) groups excluding carboxylic acids is 2. The van der Waals surface area contributed by atoms with Gasteiger partial charge in [0.05, 0.1) is 11.3 Å². The third kappa shape index (κ3) is 3.76. The zero-order valence-corrected chi connectivity index (χ0v) is 18.6. The highest BCUT2D eigenvalue weighted by Crippen LogP contribution is 2.38. The number of hydrogen-bond donors (Lipinski definition) is 2. The van der Waals surface area contributed by atoms with Gasteiger partial charge in [-0.1, -0.05) is 13.8 Å². The number of halogens is 1. The first-order chi connectivity index (χ1) is 13.9. The number of hydrogen-bond acceptors (Lipinski definition) is 3. The molecule has 0 fully saturated rings. The van der Waals surface area contributed by atoms with E-state index in [1.165, 1.54) is 12.1 Å². The summed E-state index contributed by atoms with van der Waals surface area (Å²) in [6, 6.07) is 4.26. The van der Waals surface area contributed by atoms with Crippen molar-refractivity contribution in [3.8, 4) is 0 Å². The van der Waals surface area contributed by atoms with Crippen LogP contribution in [0.4, 0.5) is 4.39 Å².